The molecule has 1 amide bonds. The highest BCUT2D eigenvalue weighted by molar-refractivity contribution is 5.94. The number of nitrogens with zero attached hydrogens (tertiary/aromatic N) is 2. The van der Waals surface area contributed by atoms with Gasteiger partial charge in [-0.15, -0.1) is 0 Å². The van der Waals surface area contributed by atoms with E-state index in [1.165, 1.54) is 19.2 Å². The Morgan fingerprint density at radius 2 is 2.08 bits per heavy atom. The van der Waals surface area contributed by atoms with Crippen LogP contribution in [0, 0.1) is 27.4 Å². The first-order chi connectivity index (χ1) is 11.6. The van der Waals surface area contributed by atoms with E-state index in [9.17, 15) is 19.7 Å². The highest BCUT2D eigenvalue weighted by atomic mass is 16.6. The van der Waals surface area contributed by atoms with Crippen LogP contribution in [0.1, 0.15) is 31.1 Å². The number of carbonyl (C=O) groups excluding carboxylic acids is 2. The Hall–Kier alpha value is -3.15. The Morgan fingerprint density at radius 1 is 1.44 bits per heavy atom. The Balaban J connectivity index is 2.84. The van der Waals surface area contributed by atoms with Crippen molar-refractivity contribution in [3.05, 3.63) is 33.9 Å². The van der Waals surface area contributed by atoms with Crippen LogP contribution in [-0.4, -0.2) is 36.1 Å². The number of nitro groups is 1. The van der Waals surface area contributed by atoms with Gasteiger partial charge in [-0.05, 0) is 18.9 Å². The third-order valence-corrected chi connectivity index (χ3v) is 3.73. The average Bonchev–Trinajstić information content (AvgIpc) is 2.58. The van der Waals surface area contributed by atoms with E-state index < -0.39 is 28.9 Å². The number of hydrogen-bond acceptors (Lipinski definition) is 7. The lowest BCUT2D eigenvalue weighted by Gasteiger charge is -2.27. The summed E-state index contributed by atoms with van der Waals surface area (Å²) in [6.07, 6.45) is 0. The topological polar surface area (TPSA) is 132 Å². The molecule has 134 valence electrons. The molecule has 0 bridgehead atoms. The largest absolute Gasteiger partial charge is 0.496 e. The highest BCUT2D eigenvalue weighted by Gasteiger charge is 2.30. The molecule has 1 atom stereocenters. The fourth-order valence-electron chi connectivity index (χ4n) is 1.80. The second kappa shape index (κ2) is 8.10. The van der Waals surface area contributed by atoms with E-state index in [1.807, 2.05) is 6.07 Å². The van der Waals surface area contributed by atoms with Crippen molar-refractivity contribution in [3.8, 4) is 11.8 Å². The molecule has 0 aliphatic heterocycles. The zero-order valence-electron chi connectivity index (χ0n) is 14.4. The summed E-state index contributed by atoms with van der Waals surface area (Å²) in [7, 11) is 1.30. The molecule has 25 heavy (non-hydrogen) atoms. The van der Waals surface area contributed by atoms with Crippen molar-refractivity contribution in [2.75, 3.05) is 13.7 Å². The minimum Gasteiger partial charge on any atom is -0.496 e. The smallest absolute Gasteiger partial charge is 0.342 e. The molecule has 0 saturated heterocycles. The summed E-state index contributed by atoms with van der Waals surface area (Å²) in [6.45, 7) is 4.46. The Labute approximate surface area is 144 Å². The van der Waals surface area contributed by atoms with Crippen LogP contribution in [0.5, 0.6) is 5.75 Å². The monoisotopic (exact) mass is 349 g/mol. The minimum atomic E-state index is -1.10. The zero-order chi connectivity index (χ0) is 19.2. The number of esters is 1. The normalized spacial score (nSPS) is 12.6. The number of rotatable bonds is 7. The number of hydrogen-bond donors (Lipinski definition) is 1. The van der Waals surface area contributed by atoms with E-state index in [-0.39, 0.29) is 22.9 Å². The van der Waals surface area contributed by atoms with Gasteiger partial charge in [-0.1, -0.05) is 13.8 Å². The van der Waals surface area contributed by atoms with Gasteiger partial charge in [0, 0.05) is 12.1 Å². The number of amides is 1. The van der Waals surface area contributed by atoms with Gasteiger partial charge in [0.15, 0.2) is 6.61 Å². The summed E-state index contributed by atoms with van der Waals surface area (Å²) in [4.78, 5) is 34.2. The molecule has 0 saturated carbocycles. The molecule has 1 aromatic carbocycles. The minimum absolute atomic E-state index is 0.0834. The van der Waals surface area contributed by atoms with Crippen LogP contribution in [0.25, 0.3) is 0 Å². The predicted octanol–water partition coefficient (Wildman–Crippen LogP) is 1.81. The predicted molar refractivity (Wildman–Crippen MR) is 86.9 cm³/mol. The van der Waals surface area contributed by atoms with E-state index in [1.54, 1.807) is 20.8 Å². The van der Waals surface area contributed by atoms with E-state index in [2.05, 4.69) is 5.32 Å². The molecular formula is C16H19N3O6. The summed E-state index contributed by atoms with van der Waals surface area (Å²) in [5.74, 6) is -1.68. The summed E-state index contributed by atoms with van der Waals surface area (Å²) in [6, 6.07) is 5.45. The van der Waals surface area contributed by atoms with Crippen LogP contribution in [0.2, 0.25) is 0 Å². The fraction of sp³-hybridized carbons (Fsp3) is 0.438. The maximum absolute atomic E-state index is 12.1. The first-order valence-corrected chi connectivity index (χ1v) is 7.36. The van der Waals surface area contributed by atoms with E-state index in [0.29, 0.717) is 0 Å². The average molecular weight is 349 g/mol. The van der Waals surface area contributed by atoms with E-state index >= 15 is 0 Å². The Morgan fingerprint density at radius 3 is 2.56 bits per heavy atom. The molecule has 9 nitrogen and oxygen atoms in total. The molecular weight excluding hydrogens is 330 g/mol. The second-order valence-corrected chi connectivity index (χ2v) is 5.73. The first-order valence-electron chi connectivity index (χ1n) is 7.36. The number of nitrogens with one attached hydrogen (secondary N) is 1. The lowest BCUT2D eigenvalue weighted by molar-refractivity contribution is -0.384. The number of benzene rings is 1. The molecule has 0 heterocycles. The molecule has 0 aliphatic rings. The van der Waals surface area contributed by atoms with Crippen molar-refractivity contribution in [1.29, 1.82) is 5.26 Å². The third kappa shape index (κ3) is 4.91. The summed E-state index contributed by atoms with van der Waals surface area (Å²) in [5.41, 5.74) is -1.59. The van der Waals surface area contributed by atoms with E-state index in [0.717, 1.165) is 6.07 Å². The van der Waals surface area contributed by atoms with Crippen molar-refractivity contribution in [1.82, 2.24) is 5.32 Å². The number of ether oxygens (including phenoxy) is 2. The number of nitro benzene ring substituents is 1. The van der Waals surface area contributed by atoms with Gasteiger partial charge in [-0.25, -0.2) is 4.79 Å². The summed E-state index contributed by atoms with van der Waals surface area (Å²) in [5, 5.41) is 22.5. The number of carbonyl (C=O) groups is 2. The number of methoxy groups -OCH3 is 1. The third-order valence-electron chi connectivity index (χ3n) is 3.73. The van der Waals surface area contributed by atoms with Crippen LogP contribution in [-0.2, 0) is 9.53 Å². The van der Waals surface area contributed by atoms with Gasteiger partial charge in [0.25, 0.3) is 11.6 Å². The van der Waals surface area contributed by atoms with Crippen LogP contribution in [0.4, 0.5) is 5.69 Å². The summed E-state index contributed by atoms with van der Waals surface area (Å²) < 4.78 is 9.84. The molecule has 0 unspecified atom stereocenters. The summed E-state index contributed by atoms with van der Waals surface area (Å²) >= 11 is 0. The fourth-order valence-corrected chi connectivity index (χ4v) is 1.80. The van der Waals surface area contributed by atoms with Crippen molar-refractivity contribution in [2.45, 2.75) is 26.3 Å². The zero-order valence-corrected chi connectivity index (χ0v) is 14.4. The maximum Gasteiger partial charge on any atom is 0.342 e. The standard InChI is InChI=1S/C16H19N3O6/c1-10(2)16(3,9-17)18-14(20)8-25-15(21)12-7-11(19(22)23)5-6-13(12)24-4/h5-7,10H,8H2,1-4H3,(H,18,20)/t16-/m0/s1. The van der Waals surface area contributed by atoms with Crippen molar-refractivity contribution in [3.63, 3.8) is 0 Å². The molecule has 1 rings (SSSR count). The Bertz CT molecular complexity index is 725. The number of non-ortho nitro benzene ring substituents is 1. The lowest BCUT2D eigenvalue weighted by Crippen LogP contribution is -2.50. The molecule has 9 heteroatoms. The lowest BCUT2D eigenvalue weighted by atomic mass is 9.90. The molecule has 0 aliphatic carbocycles. The number of nitriles is 1. The van der Waals surface area contributed by atoms with Gasteiger partial charge < -0.3 is 14.8 Å². The second-order valence-electron chi connectivity index (χ2n) is 5.73. The molecule has 1 N–H and O–H groups in total. The van der Waals surface area contributed by atoms with Gasteiger partial charge in [-0.3, -0.25) is 14.9 Å². The van der Waals surface area contributed by atoms with E-state index in [4.69, 9.17) is 14.7 Å². The molecule has 1 aromatic rings. The van der Waals surface area contributed by atoms with Crippen LogP contribution >= 0.6 is 0 Å². The van der Waals surface area contributed by atoms with Crippen LogP contribution in [0.15, 0.2) is 18.2 Å². The maximum atomic E-state index is 12.1. The van der Waals surface area contributed by atoms with Crippen LogP contribution < -0.4 is 10.1 Å². The van der Waals surface area contributed by atoms with Crippen LogP contribution in [0.3, 0.4) is 0 Å². The SMILES string of the molecule is COc1ccc([N+](=O)[O-])cc1C(=O)OCC(=O)N[C@@](C)(C#N)C(C)C. The molecule has 0 fully saturated rings. The van der Waals surface area contributed by atoms with Crippen molar-refractivity contribution in [2.24, 2.45) is 5.92 Å². The van der Waals surface area contributed by atoms with Gasteiger partial charge >= 0.3 is 5.97 Å². The van der Waals surface area contributed by atoms with Crippen molar-refractivity contribution >= 4 is 17.6 Å². The van der Waals surface area contributed by atoms with Gasteiger partial charge in [0.1, 0.15) is 16.9 Å². The van der Waals surface area contributed by atoms with Gasteiger partial charge in [0.05, 0.1) is 18.1 Å². The van der Waals surface area contributed by atoms with Crippen molar-refractivity contribution < 1.29 is 24.0 Å². The molecule has 0 aromatic heterocycles. The molecule has 0 radical (unpaired) electrons. The van der Waals surface area contributed by atoms with Gasteiger partial charge in [0.2, 0.25) is 0 Å². The first kappa shape index (κ1) is 19.9. The Kier molecular flexibility index (Phi) is 6.45. The quantitative estimate of drug-likeness (QED) is 0.451. The molecule has 0 spiro atoms. The van der Waals surface area contributed by atoms with Gasteiger partial charge in [-0.2, -0.15) is 5.26 Å². The highest BCUT2D eigenvalue weighted by Crippen LogP contribution is 2.24.